The fourth-order valence-corrected chi connectivity index (χ4v) is 1.83. The maximum Gasteiger partial charge on any atom is 0.0726 e. The molecule has 1 N–H and O–H groups in total. The van der Waals surface area contributed by atoms with Crippen molar-refractivity contribution < 1.29 is 0 Å². The molecule has 0 amide bonds. The van der Waals surface area contributed by atoms with E-state index in [1.54, 1.807) is 4.68 Å². The highest BCUT2D eigenvalue weighted by Gasteiger charge is 2.19. The second-order valence-electron chi connectivity index (χ2n) is 5.01. The average Bonchev–Trinajstić information content (AvgIpc) is 2.74. The smallest absolute Gasteiger partial charge is 0.0726 e. The molecule has 0 aliphatic carbocycles. The van der Waals surface area contributed by atoms with Gasteiger partial charge in [-0.15, -0.1) is 0 Å². The van der Waals surface area contributed by atoms with E-state index in [1.165, 1.54) is 5.56 Å². The molecule has 1 aromatic heterocycles. The van der Waals surface area contributed by atoms with Crippen molar-refractivity contribution in [2.75, 3.05) is 11.9 Å². The van der Waals surface area contributed by atoms with Crippen LogP contribution in [-0.2, 0) is 12.5 Å². The van der Waals surface area contributed by atoms with E-state index in [1.807, 2.05) is 25.5 Å². The van der Waals surface area contributed by atoms with Crippen molar-refractivity contribution in [2.45, 2.75) is 19.3 Å². The van der Waals surface area contributed by atoms with Gasteiger partial charge in [-0.05, 0) is 5.56 Å². The summed E-state index contributed by atoms with van der Waals surface area (Å²) in [5.74, 6) is 0. The third kappa shape index (κ3) is 2.87. The maximum atomic E-state index is 4.14. The van der Waals surface area contributed by atoms with Crippen molar-refractivity contribution in [3.05, 3.63) is 48.3 Å². The van der Waals surface area contributed by atoms with Crippen molar-refractivity contribution in [3.8, 4) is 0 Å². The van der Waals surface area contributed by atoms with Gasteiger partial charge < -0.3 is 5.32 Å². The lowest BCUT2D eigenvalue weighted by Gasteiger charge is -2.25. The van der Waals surface area contributed by atoms with Gasteiger partial charge >= 0.3 is 0 Å². The average molecular weight is 229 g/mol. The summed E-state index contributed by atoms with van der Waals surface area (Å²) in [6.45, 7) is 5.38. The zero-order chi connectivity index (χ0) is 12.3. The second-order valence-corrected chi connectivity index (χ2v) is 5.01. The number of rotatable bonds is 4. The van der Waals surface area contributed by atoms with Gasteiger partial charge in [0.25, 0.3) is 0 Å². The van der Waals surface area contributed by atoms with Crippen LogP contribution in [0, 0.1) is 0 Å². The molecule has 0 unspecified atom stereocenters. The van der Waals surface area contributed by atoms with Crippen LogP contribution in [-0.4, -0.2) is 16.3 Å². The zero-order valence-electron chi connectivity index (χ0n) is 10.6. The predicted octanol–water partition coefficient (Wildman–Crippen LogP) is 2.81. The molecule has 0 atom stereocenters. The number of aryl methyl sites for hydroxylation is 1. The van der Waals surface area contributed by atoms with E-state index < -0.39 is 0 Å². The van der Waals surface area contributed by atoms with Crippen LogP contribution in [0.2, 0.25) is 0 Å². The molecular weight excluding hydrogens is 210 g/mol. The van der Waals surface area contributed by atoms with Crippen molar-refractivity contribution in [2.24, 2.45) is 7.05 Å². The molecule has 17 heavy (non-hydrogen) atoms. The Bertz CT molecular complexity index is 471. The van der Waals surface area contributed by atoms with Crippen LogP contribution >= 0.6 is 0 Å². The first-order valence-corrected chi connectivity index (χ1v) is 5.86. The highest BCUT2D eigenvalue weighted by molar-refractivity contribution is 5.39. The van der Waals surface area contributed by atoms with E-state index in [9.17, 15) is 0 Å². The molecule has 0 radical (unpaired) electrons. The van der Waals surface area contributed by atoms with Gasteiger partial charge in [0.05, 0.1) is 11.9 Å². The molecular formula is C14H19N3. The van der Waals surface area contributed by atoms with Gasteiger partial charge in [0.15, 0.2) is 0 Å². The van der Waals surface area contributed by atoms with E-state index in [0.29, 0.717) is 0 Å². The molecule has 0 saturated heterocycles. The van der Waals surface area contributed by atoms with Crippen LogP contribution in [0.5, 0.6) is 0 Å². The SMILES string of the molecule is Cn1cc(NCC(C)(C)c2ccccc2)cn1. The Morgan fingerprint density at radius 3 is 2.53 bits per heavy atom. The third-order valence-corrected chi connectivity index (χ3v) is 2.99. The number of anilines is 1. The number of hydrogen-bond donors (Lipinski definition) is 1. The Hall–Kier alpha value is -1.77. The van der Waals surface area contributed by atoms with Gasteiger partial charge in [0, 0.05) is 25.2 Å². The van der Waals surface area contributed by atoms with E-state index in [4.69, 9.17) is 0 Å². The van der Waals surface area contributed by atoms with Gasteiger partial charge in [-0.1, -0.05) is 44.2 Å². The first kappa shape index (κ1) is 11.7. The molecule has 0 aliphatic heterocycles. The summed E-state index contributed by atoms with van der Waals surface area (Å²) >= 11 is 0. The summed E-state index contributed by atoms with van der Waals surface area (Å²) in [4.78, 5) is 0. The first-order valence-electron chi connectivity index (χ1n) is 5.86. The van der Waals surface area contributed by atoms with Gasteiger partial charge in [-0.2, -0.15) is 5.10 Å². The van der Waals surface area contributed by atoms with E-state index >= 15 is 0 Å². The van der Waals surface area contributed by atoms with E-state index in [2.05, 4.69) is 48.5 Å². The highest BCUT2D eigenvalue weighted by atomic mass is 15.3. The number of hydrogen-bond acceptors (Lipinski definition) is 2. The van der Waals surface area contributed by atoms with Crippen LogP contribution in [0.3, 0.4) is 0 Å². The van der Waals surface area contributed by atoms with Gasteiger partial charge in [-0.25, -0.2) is 0 Å². The quantitative estimate of drug-likeness (QED) is 0.873. The molecule has 1 heterocycles. The molecule has 3 heteroatoms. The minimum atomic E-state index is 0.108. The summed E-state index contributed by atoms with van der Waals surface area (Å²) in [6, 6.07) is 10.6. The van der Waals surface area contributed by atoms with Crippen LogP contribution in [0.25, 0.3) is 0 Å². The Balaban J connectivity index is 2.03. The van der Waals surface area contributed by atoms with Crippen molar-refractivity contribution in [1.29, 1.82) is 0 Å². The molecule has 0 bridgehead atoms. The molecule has 2 aromatic rings. The molecule has 0 aliphatic rings. The normalized spacial score (nSPS) is 11.5. The predicted molar refractivity (Wildman–Crippen MR) is 71.2 cm³/mol. The lowest BCUT2D eigenvalue weighted by atomic mass is 9.84. The topological polar surface area (TPSA) is 29.9 Å². The molecule has 90 valence electrons. The number of aromatic nitrogens is 2. The van der Waals surface area contributed by atoms with Gasteiger partial charge in [0.1, 0.15) is 0 Å². The summed E-state index contributed by atoms with van der Waals surface area (Å²) in [7, 11) is 1.92. The fraction of sp³-hybridized carbons (Fsp3) is 0.357. The van der Waals surface area contributed by atoms with Crippen molar-refractivity contribution in [3.63, 3.8) is 0 Å². The number of nitrogens with zero attached hydrogens (tertiary/aromatic N) is 2. The lowest BCUT2D eigenvalue weighted by molar-refractivity contribution is 0.557. The molecule has 0 spiro atoms. The summed E-state index contributed by atoms with van der Waals surface area (Å²) < 4.78 is 1.80. The Kier molecular flexibility index (Phi) is 3.18. The Morgan fingerprint density at radius 1 is 1.24 bits per heavy atom. The van der Waals surface area contributed by atoms with Crippen LogP contribution in [0.1, 0.15) is 19.4 Å². The molecule has 2 rings (SSSR count). The Labute approximate surface area is 102 Å². The highest BCUT2D eigenvalue weighted by Crippen LogP contribution is 2.23. The van der Waals surface area contributed by atoms with Gasteiger partial charge in [0.2, 0.25) is 0 Å². The monoisotopic (exact) mass is 229 g/mol. The van der Waals surface area contributed by atoms with E-state index in [0.717, 1.165) is 12.2 Å². The lowest BCUT2D eigenvalue weighted by Crippen LogP contribution is -2.27. The Morgan fingerprint density at radius 2 is 1.94 bits per heavy atom. The van der Waals surface area contributed by atoms with Crippen LogP contribution in [0.4, 0.5) is 5.69 Å². The number of benzene rings is 1. The first-order chi connectivity index (χ1) is 8.08. The fourth-order valence-electron chi connectivity index (χ4n) is 1.83. The third-order valence-electron chi connectivity index (χ3n) is 2.99. The maximum absolute atomic E-state index is 4.14. The second kappa shape index (κ2) is 4.62. The molecule has 0 fully saturated rings. The summed E-state index contributed by atoms with van der Waals surface area (Å²) in [6.07, 6.45) is 3.84. The van der Waals surface area contributed by atoms with Crippen LogP contribution < -0.4 is 5.32 Å². The standard InChI is InChI=1S/C14H19N3/c1-14(2,12-7-5-4-6-8-12)11-15-13-9-16-17(3)10-13/h4-10,15H,11H2,1-3H3. The molecule has 3 nitrogen and oxygen atoms in total. The largest absolute Gasteiger partial charge is 0.382 e. The van der Waals surface area contributed by atoms with E-state index in [-0.39, 0.29) is 5.41 Å². The van der Waals surface area contributed by atoms with Gasteiger partial charge in [-0.3, -0.25) is 4.68 Å². The summed E-state index contributed by atoms with van der Waals surface area (Å²) in [5, 5.41) is 7.57. The molecule has 1 aromatic carbocycles. The minimum Gasteiger partial charge on any atom is -0.382 e. The number of nitrogens with one attached hydrogen (secondary N) is 1. The van der Waals surface area contributed by atoms with Crippen molar-refractivity contribution >= 4 is 5.69 Å². The summed E-state index contributed by atoms with van der Waals surface area (Å²) in [5.41, 5.74) is 2.52. The minimum absolute atomic E-state index is 0.108. The van der Waals surface area contributed by atoms with Crippen molar-refractivity contribution in [1.82, 2.24) is 9.78 Å². The molecule has 0 saturated carbocycles. The zero-order valence-corrected chi connectivity index (χ0v) is 10.6. The van der Waals surface area contributed by atoms with Crippen LogP contribution in [0.15, 0.2) is 42.7 Å².